The van der Waals surface area contributed by atoms with Crippen molar-refractivity contribution in [2.75, 3.05) is 37.6 Å². The molecule has 1 aromatic heterocycles. The molecule has 1 aliphatic heterocycles. The zero-order chi connectivity index (χ0) is 18.4. The summed E-state index contributed by atoms with van der Waals surface area (Å²) in [5.41, 5.74) is 0.906. The molecule has 0 saturated carbocycles. The summed E-state index contributed by atoms with van der Waals surface area (Å²) < 4.78 is 0. The molecular formula is C19H28IN5OS. The van der Waals surface area contributed by atoms with Gasteiger partial charge in [-0.3, -0.25) is 0 Å². The second kappa shape index (κ2) is 10.7. The average Bonchev–Trinajstić information content (AvgIpc) is 3.14. The Morgan fingerprint density at radius 1 is 1.22 bits per heavy atom. The summed E-state index contributed by atoms with van der Waals surface area (Å²) >= 11 is 1.74. The fraction of sp³-hybridized carbons (Fsp3) is 0.474. The standard InChI is InChI=1S/C19H27N5OS.HI/c1-3-15-13-21-18(26-15)14-22-19(20-4-2)24-11-9-23(10-12-24)16-7-5-6-8-17(16)25;/h5-8,13,25H,3-4,9-12,14H2,1-2H3,(H,20,22);1H. The molecule has 0 atom stereocenters. The maximum absolute atomic E-state index is 10.1. The van der Waals surface area contributed by atoms with Crippen LogP contribution in [0.1, 0.15) is 23.7 Å². The highest BCUT2D eigenvalue weighted by atomic mass is 127. The number of rotatable bonds is 5. The number of aromatic nitrogens is 1. The summed E-state index contributed by atoms with van der Waals surface area (Å²) in [6.45, 7) is 9.17. The number of guanidine groups is 1. The van der Waals surface area contributed by atoms with Gasteiger partial charge in [-0.1, -0.05) is 19.1 Å². The Kier molecular flexibility index (Phi) is 8.62. The molecule has 8 heteroatoms. The molecule has 0 unspecified atom stereocenters. The molecule has 2 aromatic rings. The number of piperazine rings is 1. The van der Waals surface area contributed by atoms with E-state index in [0.29, 0.717) is 12.3 Å². The van der Waals surface area contributed by atoms with Crippen molar-refractivity contribution in [3.8, 4) is 5.75 Å². The number of thiazole rings is 1. The number of benzene rings is 1. The van der Waals surface area contributed by atoms with E-state index >= 15 is 0 Å². The van der Waals surface area contributed by atoms with E-state index in [4.69, 9.17) is 4.99 Å². The number of phenolic OH excluding ortho intramolecular Hbond substituents is 1. The first-order valence-corrected chi connectivity index (χ1v) is 10.0. The van der Waals surface area contributed by atoms with Crippen LogP contribution in [0, 0.1) is 0 Å². The Hall–Kier alpha value is -1.55. The summed E-state index contributed by atoms with van der Waals surface area (Å²) in [6, 6.07) is 7.53. The van der Waals surface area contributed by atoms with Crippen LogP contribution in [-0.2, 0) is 13.0 Å². The van der Waals surface area contributed by atoms with Crippen molar-refractivity contribution in [3.63, 3.8) is 0 Å². The lowest BCUT2D eigenvalue weighted by Crippen LogP contribution is -2.52. The molecular weight excluding hydrogens is 473 g/mol. The van der Waals surface area contributed by atoms with Crippen LogP contribution in [-0.4, -0.2) is 53.7 Å². The molecule has 0 aliphatic carbocycles. The second-order valence-corrected chi connectivity index (χ2v) is 7.41. The summed E-state index contributed by atoms with van der Waals surface area (Å²) in [5.74, 6) is 1.29. The third kappa shape index (κ3) is 5.71. The number of aryl methyl sites for hydroxylation is 1. The largest absolute Gasteiger partial charge is 0.506 e. The van der Waals surface area contributed by atoms with Gasteiger partial charge in [0.05, 0.1) is 12.2 Å². The molecule has 0 spiro atoms. The van der Waals surface area contributed by atoms with Crippen molar-refractivity contribution in [3.05, 3.63) is 40.3 Å². The monoisotopic (exact) mass is 501 g/mol. The Bertz CT molecular complexity index is 743. The van der Waals surface area contributed by atoms with Crippen LogP contribution in [0.15, 0.2) is 35.5 Å². The zero-order valence-electron chi connectivity index (χ0n) is 15.9. The molecule has 148 valence electrons. The SMILES string of the molecule is CCNC(=NCc1ncc(CC)s1)N1CCN(c2ccccc2O)CC1.I. The summed E-state index contributed by atoms with van der Waals surface area (Å²) in [6.07, 6.45) is 2.98. The van der Waals surface area contributed by atoms with Crippen LogP contribution in [0.25, 0.3) is 0 Å². The Morgan fingerprint density at radius 3 is 2.59 bits per heavy atom. The highest BCUT2D eigenvalue weighted by Gasteiger charge is 2.21. The van der Waals surface area contributed by atoms with Gasteiger partial charge >= 0.3 is 0 Å². The van der Waals surface area contributed by atoms with Gasteiger partial charge in [-0.05, 0) is 25.5 Å². The van der Waals surface area contributed by atoms with E-state index in [1.165, 1.54) is 4.88 Å². The van der Waals surface area contributed by atoms with E-state index in [1.54, 1.807) is 17.4 Å². The molecule has 6 nitrogen and oxygen atoms in total. The second-order valence-electron chi connectivity index (χ2n) is 6.21. The molecule has 3 rings (SSSR count). The maximum atomic E-state index is 10.1. The number of halogens is 1. The van der Waals surface area contributed by atoms with Crippen molar-refractivity contribution in [1.29, 1.82) is 0 Å². The minimum absolute atomic E-state index is 0. The van der Waals surface area contributed by atoms with Gasteiger partial charge < -0.3 is 20.2 Å². The number of para-hydroxylation sites is 2. The lowest BCUT2D eigenvalue weighted by atomic mass is 10.2. The molecule has 1 fully saturated rings. The van der Waals surface area contributed by atoms with Crippen LogP contribution in [0.4, 0.5) is 5.69 Å². The lowest BCUT2D eigenvalue weighted by molar-refractivity contribution is 0.369. The number of nitrogens with zero attached hydrogens (tertiary/aromatic N) is 4. The van der Waals surface area contributed by atoms with Gasteiger partial charge in [-0.15, -0.1) is 35.3 Å². The Labute approximate surface area is 182 Å². The average molecular weight is 501 g/mol. The van der Waals surface area contributed by atoms with Crippen LogP contribution in [0.2, 0.25) is 0 Å². The van der Waals surface area contributed by atoms with Crippen LogP contribution < -0.4 is 10.2 Å². The first-order valence-electron chi connectivity index (χ1n) is 9.21. The van der Waals surface area contributed by atoms with E-state index < -0.39 is 0 Å². The third-order valence-electron chi connectivity index (χ3n) is 4.45. The van der Waals surface area contributed by atoms with Crippen LogP contribution >= 0.6 is 35.3 Å². The Balaban J connectivity index is 0.00000261. The molecule has 2 heterocycles. The van der Waals surface area contributed by atoms with Gasteiger partial charge in [-0.2, -0.15) is 0 Å². The van der Waals surface area contributed by atoms with E-state index in [0.717, 1.165) is 55.8 Å². The molecule has 1 aromatic carbocycles. The van der Waals surface area contributed by atoms with Crippen LogP contribution in [0.5, 0.6) is 5.75 Å². The maximum Gasteiger partial charge on any atom is 0.194 e. The van der Waals surface area contributed by atoms with E-state index in [2.05, 4.69) is 33.9 Å². The molecule has 0 amide bonds. The van der Waals surface area contributed by atoms with Crippen molar-refractivity contribution in [2.24, 2.45) is 4.99 Å². The molecule has 0 radical (unpaired) electrons. The number of hydrogen-bond donors (Lipinski definition) is 2. The molecule has 2 N–H and O–H groups in total. The highest BCUT2D eigenvalue weighted by Crippen LogP contribution is 2.27. The number of hydrogen-bond acceptors (Lipinski definition) is 5. The van der Waals surface area contributed by atoms with Crippen molar-refractivity contribution >= 4 is 47.0 Å². The first-order chi connectivity index (χ1) is 12.7. The number of phenols is 1. The molecule has 1 saturated heterocycles. The molecule has 1 aliphatic rings. The minimum atomic E-state index is 0. The predicted molar refractivity (Wildman–Crippen MR) is 124 cm³/mol. The van der Waals surface area contributed by atoms with Crippen LogP contribution in [0.3, 0.4) is 0 Å². The first kappa shape index (κ1) is 21.7. The molecule has 0 bridgehead atoms. The van der Waals surface area contributed by atoms with Gasteiger partial charge in [0.15, 0.2) is 5.96 Å². The summed E-state index contributed by atoms with van der Waals surface area (Å²) in [5, 5.41) is 14.5. The third-order valence-corrected chi connectivity index (χ3v) is 5.58. The molecule has 27 heavy (non-hydrogen) atoms. The fourth-order valence-corrected chi connectivity index (χ4v) is 3.83. The van der Waals surface area contributed by atoms with Crippen molar-refractivity contribution in [1.82, 2.24) is 15.2 Å². The zero-order valence-corrected chi connectivity index (χ0v) is 19.0. The summed E-state index contributed by atoms with van der Waals surface area (Å²) in [4.78, 5) is 15.1. The minimum Gasteiger partial charge on any atom is -0.506 e. The van der Waals surface area contributed by atoms with E-state index in [9.17, 15) is 5.11 Å². The lowest BCUT2D eigenvalue weighted by Gasteiger charge is -2.37. The van der Waals surface area contributed by atoms with Gasteiger partial charge in [0.25, 0.3) is 0 Å². The fourth-order valence-electron chi connectivity index (χ4n) is 3.04. The quantitative estimate of drug-likeness (QED) is 0.374. The predicted octanol–water partition coefficient (Wildman–Crippen LogP) is 3.32. The number of aromatic hydroxyl groups is 1. The number of aliphatic imine (C=N–C) groups is 1. The topological polar surface area (TPSA) is 64.0 Å². The Morgan fingerprint density at radius 2 is 1.96 bits per heavy atom. The van der Waals surface area contributed by atoms with E-state index in [-0.39, 0.29) is 24.0 Å². The smallest absolute Gasteiger partial charge is 0.194 e. The highest BCUT2D eigenvalue weighted by molar-refractivity contribution is 14.0. The van der Waals surface area contributed by atoms with Gasteiger partial charge in [-0.25, -0.2) is 9.98 Å². The number of anilines is 1. The summed E-state index contributed by atoms with van der Waals surface area (Å²) in [7, 11) is 0. The van der Waals surface area contributed by atoms with Gasteiger partial charge in [0.2, 0.25) is 0 Å². The normalized spacial score (nSPS) is 14.8. The van der Waals surface area contributed by atoms with Gasteiger partial charge in [0.1, 0.15) is 10.8 Å². The van der Waals surface area contributed by atoms with E-state index in [1.807, 2.05) is 24.4 Å². The van der Waals surface area contributed by atoms with Gasteiger partial charge in [0, 0.05) is 43.8 Å². The van der Waals surface area contributed by atoms with Crippen molar-refractivity contribution < 1.29 is 5.11 Å². The van der Waals surface area contributed by atoms with Crippen molar-refractivity contribution in [2.45, 2.75) is 26.8 Å². The number of nitrogens with one attached hydrogen (secondary N) is 1.